The molecule has 1 saturated heterocycles. The summed E-state index contributed by atoms with van der Waals surface area (Å²) in [6.45, 7) is -0.0599. The van der Waals surface area contributed by atoms with E-state index in [1.165, 1.54) is 24.3 Å². The van der Waals surface area contributed by atoms with Crippen LogP contribution in [0, 0.1) is 0 Å². The van der Waals surface area contributed by atoms with Crippen LogP contribution in [-0.2, 0) is 31.4 Å². The molecule has 1 aliphatic rings. The van der Waals surface area contributed by atoms with Gasteiger partial charge in [-0.1, -0.05) is 12.1 Å². The molecule has 0 aromatic heterocycles. The molecule has 1 heterocycles. The molecule has 0 spiro atoms. The number of carboxylic acids is 1. The van der Waals surface area contributed by atoms with Gasteiger partial charge >= 0.3 is 16.2 Å². The van der Waals surface area contributed by atoms with Crippen molar-refractivity contribution in [1.82, 2.24) is 9.44 Å². The molecule has 0 aliphatic carbocycles. The van der Waals surface area contributed by atoms with Gasteiger partial charge in [-0.3, -0.25) is 4.79 Å². The molecule has 0 radical (unpaired) electrons. The number of benzene rings is 2. The van der Waals surface area contributed by atoms with Crippen LogP contribution in [-0.4, -0.2) is 56.8 Å². The van der Waals surface area contributed by atoms with Crippen LogP contribution in [0.25, 0.3) is 0 Å². The highest BCUT2D eigenvalue weighted by atomic mass is 32.2. The summed E-state index contributed by atoms with van der Waals surface area (Å²) < 4.78 is 52.9. The summed E-state index contributed by atoms with van der Waals surface area (Å²) in [5, 5.41) is 28.2. The molecule has 3 rings (SSSR count). The third-order valence-electron chi connectivity index (χ3n) is 4.35. The first-order valence-electron chi connectivity index (χ1n) is 8.61. The number of aromatic carboxylic acids is 1. The summed E-state index contributed by atoms with van der Waals surface area (Å²) in [5.41, 5.74) is 0.111. The molecule has 2 aromatic rings. The number of aliphatic hydroxyl groups excluding tert-OH is 1. The fraction of sp³-hybridized carbons (Fsp3) is 0.176. The van der Waals surface area contributed by atoms with Crippen molar-refractivity contribution in [3.05, 3.63) is 53.6 Å². The third-order valence-corrected chi connectivity index (χ3v) is 7.20. The molecule has 0 bridgehead atoms. The zero-order valence-corrected chi connectivity index (χ0v) is 17.2. The van der Waals surface area contributed by atoms with Crippen LogP contribution in [0.3, 0.4) is 0 Å². The normalized spacial score (nSPS) is 18.0. The second-order valence-electron chi connectivity index (χ2n) is 6.44. The van der Waals surface area contributed by atoms with Gasteiger partial charge in [-0.15, -0.1) is 0 Å². The Bertz CT molecular complexity index is 1240. The number of aliphatic hydroxyl groups is 1. The number of hydrogen-bond acceptors (Lipinski definition) is 8. The lowest BCUT2D eigenvalue weighted by Crippen LogP contribution is -2.35. The van der Waals surface area contributed by atoms with E-state index in [1.54, 1.807) is 4.72 Å². The van der Waals surface area contributed by atoms with Crippen molar-refractivity contribution in [3.63, 3.8) is 0 Å². The molecular weight excluding hydrogens is 454 g/mol. The number of rotatable bonds is 7. The maximum Gasteiger partial charge on any atom is 0.339 e. The van der Waals surface area contributed by atoms with Crippen molar-refractivity contribution in [2.75, 3.05) is 10.8 Å². The zero-order valence-electron chi connectivity index (χ0n) is 15.6. The standard InChI is InChI=1S/C17H17N3O9S2/c21-14-6-5-12(9-13(14)17(24)25)30(26,27)18-8-7-10-1-3-11(4-2-10)20-16(23)15(22)19-31(20,28)29/h1-6,9,16,18,21,23H,7-8H2,(H,19,22)(H,24,25). The molecular formula is C17H17N3O9S2. The Morgan fingerprint density at radius 3 is 2.35 bits per heavy atom. The number of carboxylic acid groups (broad SMARTS) is 1. The Morgan fingerprint density at radius 2 is 1.81 bits per heavy atom. The molecule has 1 aliphatic heterocycles. The number of amides is 1. The van der Waals surface area contributed by atoms with Gasteiger partial charge in [0.05, 0.1) is 10.6 Å². The number of anilines is 1. The molecule has 2 aromatic carbocycles. The first-order valence-corrected chi connectivity index (χ1v) is 11.5. The molecule has 1 unspecified atom stereocenters. The molecule has 5 N–H and O–H groups in total. The summed E-state index contributed by atoms with van der Waals surface area (Å²) in [6, 6.07) is 8.57. The summed E-state index contributed by atoms with van der Waals surface area (Å²) in [5.74, 6) is -3.11. The Labute approximate surface area is 177 Å². The van der Waals surface area contributed by atoms with E-state index in [4.69, 9.17) is 5.11 Å². The lowest BCUT2D eigenvalue weighted by Gasteiger charge is -2.18. The topological polar surface area (TPSA) is 190 Å². The van der Waals surface area contributed by atoms with Crippen LogP contribution < -0.4 is 13.7 Å². The lowest BCUT2D eigenvalue weighted by molar-refractivity contribution is -0.125. The van der Waals surface area contributed by atoms with Crippen molar-refractivity contribution in [2.45, 2.75) is 17.5 Å². The molecule has 12 nitrogen and oxygen atoms in total. The lowest BCUT2D eigenvalue weighted by atomic mass is 10.1. The van der Waals surface area contributed by atoms with E-state index in [0.717, 1.165) is 18.2 Å². The van der Waals surface area contributed by atoms with Crippen LogP contribution in [0.5, 0.6) is 5.75 Å². The summed E-state index contributed by atoms with van der Waals surface area (Å²) in [7, 11) is -8.24. The Morgan fingerprint density at radius 1 is 1.16 bits per heavy atom. The van der Waals surface area contributed by atoms with Gasteiger partial charge in [0, 0.05) is 6.54 Å². The fourth-order valence-electron chi connectivity index (χ4n) is 2.82. The van der Waals surface area contributed by atoms with Gasteiger partial charge < -0.3 is 15.3 Å². The van der Waals surface area contributed by atoms with E-state index in [2.05, 4.69) is 4.72 Å². The number of nitrogens with zero attached hydrogens (tertiary/aromatic N) is 1. The maximum absolute atomic E-state index is 12.3. The maximum atomic E-state index is 12.3. The van der Waals surface area contributed by atoms with Crippen LogP contribution >= 0.6 is 0 Å². The van der Waals surface area contributed by atoms with Gasteiger partial charge in [0.25, 0.3) is 5.91 Å². The Hall–Kier alpha value is -3.20. The highest BCUT2D eigenvalue weighted by Crippen LogP contribution is 2.24. The SMILES string of the molecule is O=C(O)c1cc(S(=O)(=O)NCCc2ccc(N3C(O)C(=O)NS3(=O)=O)cc2)ccc1O. The number of carbonyl (C=O) groups is 2. The summed E-state index contributed by atoms with van der Waals surface area (Å²) in [6.07, 6.45) is -1.68. The Kier molecular flexibility index (Phi) is 5.91. The molecule has 14 heteroatoms. The van der Waals surface area contributed by atoms with Crippen LogP contribution in [0.1, 0.15) is 15.9 Å². The Balaban J connectivity index is 1.67. The average molecular weight is 471 g/mol. The molecule has 1 atom stereocenters. The van der Waals surface area contributed by atoms with Crippen molar-refractivity contribution in [2.24, 2.45) is 0 Å². The van der Waals surface area contributed by atoms with Gasteiger partial charge in [-0.2, -0.15) is 8.42 Å². The van der Waals surface area contributed by atoms with Crippen molar-refractivity contribution in [3.8, 4) is 5.75 Å². The third kappa shape index (κ3) is 4.61. The van der Waals surface area contributed by atoms with E-state index >= 15 is 0 Å². The van der Waals surface area contributed by atoms with E-state index in [0.29, 0.717) is 9.87 Å². The minimum absolute atomic E-state index is 0.0421. The van der Waals surface area contributed by atoms with E-state index in [1.807, 2.05) is 0 Å². The predicted octanol–water partition coefficient (Wildman–Crippen LogP) is -0.889. The smallest absolute Gasteiger partial charge is 0.339 e. The minimum Gasteiger partial charge on any atom is -0.507 e. The van der Waals surface area contributed by atoms with Crippen molar-refractivity contribution < 1.29 is 41.7 Å². The highest BCUT2D eigenvalue weighted by Gasteiger charge is 2.42. The first kappa shape index (κ1) is 22.5. The van der Waals surface area contributed by atoms with E-state index in [9.17, 15) is 36.6 Å². The molecule has 0 saturated carbocycles. The van der Waals surface area contributed by atoms with E-state index < -0.39 is 49.6 Å². The second kappa shape index (κ2) is 8.14. The minimum atomic E-state index is -4.20. The van der Waals surface area contributed by atoms with Crippen LogP contribution in [0.2, 0.25) is 0 Å². The van der Waals surface area contributed by atoms with Crippen LogP contribution in [0.15, 0.2) is 47.4 Å². The average Bonchev–Trinajstić information content (AvgIpc) is 2.89. The fourth-order valence-corrected chi connectivity index (χ4v) is 5.10. The number of phenols is 1. The number of nitrogens with one attached hydrogen (secondary N) is 2. The van der Waals surface area contributed by atoms with Crippen LogP contribution in [0.4, 0.5) is 5.69 Å². The monoisotopic (exact) mass is 471 g/mol. The summed E-state index contributed by atoms with van der Waals surface area (Å²) in [4.78, 5) is 22.1. The van der Waals surface area contributed by atoms with Gasteiger partial charge in [0.15, 0.2) is 0 Å². The highest BCUT2D eigenvalue weighted by molar-refractivity contribution is 7.92. The molecule has 31 heavy (non-hydrogen) atoms. The summed E-state index contributed by atoms with van der Waals surface area (Å²) >= 11 is 0. The largest absolute Gasteiger partial charge is 0.507 e. The molecule has 166 valence electrons. The number of hydrogen-bond donors (Lipinski definition) is 5. The quantitative estimate of drug-likeness (QED) is 0.341. The number of aromatic hydroxyl groups is 1. The second-order valence-corrected chi connectivity index (χ2v) is 9.75. The number of carbonyl (C=O) groups excluding carboxylic acids is 1. The van der Waals surface area contributed by atoms with Gasteiger partial charge in [0.2, 0.25) is 16.3 Å². The van der Waals surface area contributed by atoms with Crippen molar-refractivity contribution in [1.29, 1.82) is 0 Å². The molecule has 1 fully saturated rings. The molecule has 1 amide bonds. The van der Waals surface area contributed by atoms with Gasteiger partial charge in [0.1, 0.15) is 11.3 Å². The zero-order chi connectivity index (χ0) is 23.0. The van der Waals surface area contributed by atoms with E-state index in [-0.39, 0.29) is 23.5 Å². The predicted molar refractivity (Wildman–Crippen MR) is 106 cm³/mol. The van der Waals surface area contributed by atoms with Crippen molar-refractivity contribution >= 4 is 37.8 Å². The number of sulfonamides is 1. The van der Waals surface area contributed by atoms with Gasteiger partial charge in [-0.25, -0.2) is 27.0 Å². The van der Waals surface area contributed by atoms with Gasteiger partial charge in [-0.05, 0) is 42.3 Å². The first-order chi connectivity index (χ1) is 14.4.